The summed E-state index contributed by atoms with van der Waals surface area (Å²) in [6.07, 6.45) is -1.05. The van der Waals surface area contributed by atoms with E-state index < -0.39 is 6.16 Å². The zero-order valence-electron chi connectivity index (χ0n) is 17.1. The van der Waals surface area contributed by atoms with E-state index in [1.807, 2.05) is 0 Å². The molecule has 0 unspecified atom stereocenters. The van der Waals surface area contributed by atoms with Crippen LogP contribution in [0.5, 0.6) is 5.75 Å². The molecule has 1 aliphatic heterocycles. The quantitative estimate of drug-likeness (QED) is 0.354. The molecule has 1 amide bonds. The molecule has 0 saturated carbocycles. The van der Waals surface area contributed by atoms with E-state index in [1.54, 1.807) is 32.2 Å². The Hall–Kier alpha value is -2.53. The lowest BCUT2D eigenvalue weighted by molar-refractivity contribution is 0.0540. The van der Waals surface area contributed by atoms with Gasteiger partial charge in [0, 0.05) is 25.9 Å². The number of aromatic amines is 1. The third kappa shape index (κ3) is 4.36. The molecule has 0 aliphatic carbocycles. The van der Waals surface area contributed by atoms with E-state index in [0.29, 0.717) is 40.4 Å². The van der Waals surface area contributed by atoms with Crippen molar-refractivity contribution in [3.05, 3.63) is 39.6 Å². The van der Waals surface area contributed by atoms with Gasteiger partial charge in [0.15, 0.2) is 10.9 Å². The van der Waals surface area contributed by atoms with E-state index in [1.165, 1.54) is 11.3 Å². The molecule has 2 atom stereocenters. The van der Waals surface area contributed by atoms with Crippen molar-refractivity contribution in [3.63, 3.8) is 0 Å². The molecular formula is C20H20Cl2N4O5S. The van der Waals surface area contributed by atoms with E-state index in [4.69, 9.17) is 37.8 Å². The van der Waals surface area contributed by atoms with Crippen LogP contribution in [0.25, 0.3) is 10.2 Å². The monoisotopic (exact) mass is 498 g/mol. The first-order chi connectivity index (χ1) is 15.3. The van der Waals surface area contributed by atoms with Crippen LogP contribution >= 0.6 is 34.5 Å². The normalized spacial score (nSPS) is 18.7. The summed E-state index contributed by atoms with van der Waals surface area (Å²) in [6.45, 7) is 2.86. The number of carbonyl (C=O) groups is 2. The summed E-state index contributed by atoms with van der Waals surface area (Å²) >= 11 is 13.6. The number of carboxylic acid groups (broad SMARTS) is 1. The molecule has 1 fully saturated rings. The van der Waals surface area contributed by atoms with Gasteiger partial charge in [0.2, 0.25) is 0 Å². The van der Waals surface area contributed by atoms with E-state index in [0.717, 1.165) is 5.13 Å². The van der Waals surface area contributed by atoms with Crippen molar-refractivity contribution in [1.82, 2.24) is 15.3 Å². The SMILES string of the molecule is CO[C@H]1CN(c2nc3cccc(OC(=O)O)c3s2)CC[C@H]1NC(=O)c1[nH]c(C)c(Cl)c1Cl. The van der Waals surface area contributed by atoms with Crippen LogP contribution in [0.15, 0.2) is 18.2 Å². The van der Waals surface area contributed by atoms with Crippen LogP contribution < -0.4 is 15.0 Å². The minimum Gasteiger partial charge on any atom is -0.449 e. The van der Waals surface area contributed by atoms with Crippen LogP contribution in [0, 0.1) is 6.92 Å². The van der Waals surface area contributed by atoms with Crippen molar-refractivity contribution in [2.45, 2.75) is 25.5 Å². The average Bonchev–Trinajstić information content (AvgIpc) is 3.31. The average molecular weight is 499 g/mol. The fraction of sp³-hybridized carbons (Fsp3) is 0.350. The molecule has 3 aromatic rings. The highest BCUT2D eigenvalue weighted by Crippen LogP contribution is 2.36. The van der Waals surface area contributed by atoms with Gasteiger partial charge < -0.3 is 29.8 Å². The summed E-state index contributed by atoms with van der Waals surface area (Å²) in [5.74, 6) is -0.0954. The Bertz CT molecular complexity index is 1180. The molecule has 9 nitrogen and oxygen atoms in total. The summed E-state index contributed by atoms with van der Waals surface area (Å²) in [5, 5.41) is 13.2. The number of ether oxygens (including phenoxy) is 2. The Morgan fingerprint density at radius 2 is 2.12 bits per heavy atom. The van der Waals surface area contributed by atoms with Gasteiger partial charge in [0.25, 0.3) is 5.91 Å². The lowest BCUT2D eigenvalue weighted by atomic mass is 10.0. The highest BCUT2D eigenvalue weighted by molar-refractivity contribution is 7.22. The smallest absolute Gasteiger partial charge is 0.449 e. The minimum absolute atomic E-state index is 0.196. The first-order valence-electron chi connectivity index (χ1n) is 9.71. The number of anilines is 1. The standard InChI is InChI=1S/C20H20Cl2N4O5S/c1-9-14(21)15(22)16(23-9)18(27)24-10-6-7-26(8-13(10)30-2)19-25-11-4-3-5-12(17(11)32-19)31-20(28)29/h3-5,10,13,23H,6-8H2,1-2H3,(H,24,27)(H,28,29)/t10-,13+/m1/s1. The first kappa shape index (κ1) is 22.7. The third-order valence-corrected chi connectivity index (χ3v) is 7.39. The van der Waals surface area contributed by atoms with E-state index in [-0.39, 0.29) is 34.5 Å². The third-order valence-electron chi connectivity index (χ3n) is 5.29. The maximum Gasteiger partial charge on any atom is 0.511 e. The number of carbonyl (C=O) groups excluding carboxylic acids is 1. The van der Waals surface area contributed by atoms with E-state index >= 15 is 0 Å². The second kappa shape index (κ2) is 9.14. The number of nitrogens with one attached hydrogen (secondary N) is 2. The number of benzene rings is 1. The molecule has 1 saturated heterocycles. The predicted molar refractivity (Wildman–Crippen MR) is 123 cm³/mol. The summed E-state index contributed by atoms with van der Waals surface area (Å²) in [6, 6.07) is 4.86. The van der Waals surface area contributed by atoms with Crippen LogP contribution in [0.4, 0.5) is 9.93 Å². The molecule has 3 heterocycles. The van der Waals surface area contributed by atoms with E-state index in [9.17, 15) is 9.59 Å². The Morgan fingerprint density at radius 1 is 1.34 bits per heavy atom. The van der Waals surface area contributed by atoms with E-state index in [2.05, 4.69) is 20.2 Å². The molecule has 0 radical (unpaired) electrons. The Morgan fingerprint density at radius 3 is 2.78 bits per heavy atom. The van der Waals surface area contributed by atoms with Gasteiger partial charge in [-0.15, -0.1) is 0 Å². The number of amides is 1. The van der Waals surface area contributed by atoms with Crippen molar-refractivity contribution in [2.24, 2.45) is 0 Å². The highest BCUT2D eigenvalue weighted by Gasteiger charge is 2.33. The molecular weight excluding hydrogens is 479 g/mol. The number of aromatic nitrogens is 2. The van der Waals surface area contributed by atoms with Crippen molar-refractivity contribution in [2.75, 3.05) is 25.1 Å². The molecule has 12 heteroatoms. The number of fused-ring (bicyclic) bond motifs is 1. The number of H-pyrrole nitrogens is 1. The topological polar surface area (TPSA) is 117 Å². The fourth-order valence-electron chi connectivity index (χ4n) is 3.68. The van der Waals surface area contributed by atoms with Gasteiger partial charge in [-0.3, -0.25) is 4.79 Å². The summed E-state index contributed by atoms with van der Waals surface area (Å²) in [7, 11) is 1.59. The Labute approximate surface area is 197 Å². The van der Waals surface area contributed by atoms with Gasteiger partial charge in [-0.1, -0.05) is 40.6 Å². The summed E-state index contributed by atoms with van der Waals surface area (Å²) < 4.78 is 11.2. The molecule has 32 heavy (non-hydrogen) atoms. The van der Waals surface area contributed by atoms with Gasteiger partial charge in [-0.05, 0) is 25.5 Å². The number of piperidine rings is 1. The van der Waals surface area contributed by atoms with Crippen LogP contribution in [-0.4, -0.2) is 59.5 Å². The van der Waals surface area contributed by atoms with Crippen molar-refractivity contribution < 1.29 is 24.2 Å². The van der Waals surface area contributed by atoms with Crippen molar-refractivity contribution in [3.8, 4) is 5.75 Å². The van der Waals surface area contributed by atoms with Gasteiger partial charge in [-0.25, -0.2) is 9.78 Å². The number of methoxy groups -OCH3 is 1. The largest absolute Gasteiger partial charge is 0.511 e. The molecule has 4 rings (SSSR count). The van der Waals surface area contributed by atoms with Gasteiger partial charge >= 0.3 is 6.16 Å². The van der Waals surface area contributed by atoms with Gasteiger partial charge in [0.05, 0.1) is 32.4 Å². The zero-order valence-corrected chi connectivity index (χ0v) is 19.5. The second-order valence-electron chi connectivity index (χ2n) is 7.31. The number of hydrogen-bond acceptors (Lipinski definition) is 7. The Balaban J connectivity index is 1.49. The number of thiazole rings is 1. The molecule has 3 N–H and O–H groups in total. The predicted octanol–water partition coefficient (Wildman–Crippen LogP) is 4.32. The number of hydrogen-bond donors (Lipinski definition) is 3. The van der Waals surface area contributed by atoms with Gasteiger partial charge in [0.1, 0.15) is 5.69 Å². The van der Waals surface area contributed by atoms with Gasteiger partial charge in [-0.2, -0.15) is 0 Å². The summed E-state index contributed by atoms with van der Waals surface area (Å²) in [5.41, 5.74) is 1.51. The van der Waals surface area contributed by atoms with Crippen LogP contribution in [-0.2, 0) is 4.74 Å². The second-order valence-corrected chi connectivity index (χ2v) is 9.04. The number of nitrogens with zero attached hydrogens (tertiary/aromatic N) is 2. The molecule has 0 spiro atoms. The molecule has 170 valence electrons. The zero-order chi connectivity index (χ0) is 23.0. The maximum absolute atomic E-state index is 12.7. The molecule has 1 aromatic carbocycles. The van der Waals surface area contributed by atoms with Crippen LogP contribution in [0.2, 0.25) is 10.0 Å². The Kier molecular flexibility index (Phi) is 6.47. The summed E-state index contributed by atoms with van der Waals surface area (Å²) in [4.78, 5) is 33.3. The molecule has 2 aromatic heterocycles. The highest BCUT2D eigenvalue weighted by atomic mass is 35.5. The lowest BCUT2D eigenvalue weighted by Gasteiger charge is -2.37. The number of rotatable bonds is 5. The molecule has 0 bridgehead atoms. The minimum atomic E-state index is -1.37. The number of halogens is 2. The lowest BCUT2D eigenvalue weighted by Crippen LogP contribution is -2.55. The molecule has 1 aliphatic rings. The number of aryl methyl sites for hydroxylation is 1. The van der Waals surface area contributed by atoms with Crippen molar-refractivity contribution in [1.29, 1.82) is 0 Å². The van der Waals surface area contributed by atoms with Crippen LogP contribution in [0.1, 0.15) is 22.6 Å². The maximum atomic E-state index is 12.7. The van der Waals surface area contributed by atoms with Crippen LogP contribution in [0.3, 0.4) is 0 Å². The van der Waals surface area contributed by atoms with Crippen molar-refractivity contribution >= 4 is 61.9 Å². The fourth-order valence-corrected chi connectivity index (χ4v) is 5.15. The first-order valence-corrected chi connectivity index (χ1v) is 11.3.